The molecule has 0 aliphatic carbocycles. The molecule has 0 radical (unpaired) electrons. The van der Waals surface area contributed by atoms with E-state index in [0.717, 1.165) is 39.6 Å². The van der Waals surface area contributed by atoms with Crippen molar-refractivity contribution in [1.29, 1.82) is 0 Å². The van der Waals surface area contributed by atoms with E-state index < -0.39 is 11.8 Å². The highest BCUT2D eigenvalue weighted by molar-refractivity contribution is 7.00. The summed E-state index contributed by atoms with van der Waals surface area (Å²) >= 11 is 1.13. The highest BCUT2D eigenvalue weighted by Gasteiger charge is 2.48. The fraction of sp³-hybridized carbons (Fsp3) is 0.222. The van der Waals surface area contributed by atoms with Crippen LogP contribution in [0.5, 0.6) is 0 Å². The zero-order chi connectivity index (χ0) is 24.0. The fourth-order valence-electron chi connectivity index (χ4n) is 4.28. The van der Waals surface area contributed by atoms with Crippen LogP contribution >= 0.6 is 11.7 Å². The molecule has 1 aromatic heterocycles. The molecule has 1 N–H and O–H groups in total. The minimum Gasteiger partial charge on any atom is -0.421 e. The number of carbonyl (C=O) groups is 1. The van der Waals surface area contributed by atoms with E-state index in [9.17, 15) is 9.90 Å². The molecule has 1 aliphatic heterocycles. The standard InChI is InChI=1S/C27H25N3O3S/c1-16-5-9-20(13-17(16)2)27(32)22(14-18-6-10-21(11-7-18)30(3)4)25(26(31)33-27)19-8-12-23-24(15-19)29-34-28-23/h5-13,15,32H,14H2,1-4H3. The number of esters is 1. The number of hydrogen-bond donors (Lipinski definition) is 1. The van der Waals surface area contributed by atoms with E-state index in [-0.39, 0.29) is 0 Å². The number of benzene rings is 3. The van der Waals surface area contributed by atoms with Gasteiger partial charge in [0.25, 0.3) is 5.79 Å². The summed E-state index contributed by atoms with van der Waals surface area (Å²) in [4.78, 5) is 15.3. The first-order valence-corrected chi connectivity index (χ1v) is 11.8. The van der Waals surface area contributed by atoms with Gasteiger partial charge in [-0.15, -0.1) is 0 Å². The Kier molecular flexibility index (Phi) is 5.46. The molecular formula is C27H25N3O3S. The lowest BCUT2D eigenvalue weighted by Gasteiger charge is -2.26. The Labute approximate surface area is 202 Å². The molecule has 1 unspecified atom stereocenters. The fourth-order valence-corrected chi connectivity index (χ4v) is 4.80. The van der Waals surface area contributed by atoms with Gasteiger partial charge in [-0.25, -0.2) is 4.79 Å². The first-order valence-electron chi connectivity index (χ1n) is 11.0. The maximum atomic E-state index is 13.3. The monoisotopic (exact) mass is 471 g/mol. The van der Waals surface area contributed by atoms with Gasteiger partial charge in [-0.05, 0) is 66.4 Å². The predicted octanol–water partition coefficient (Wildman–Crippen LogP) is 4.77. The van der Waals surface area contributed by atoms with E-state index in [0.29, 0.717) is 34.2 Å². The van der Waals surface area contributed by atoms with Crippen molar-refractivity contribution in [3.63, 3.8) is 0 Å². The number of aryl methyl sites for hydroxylation is 2. The molecule has 0 saturated carbocycles. The Balaban J connectivity index is 1.68. The highest BCUT2D eigenvalue weighted by Crippen LogP contribution is 2.45. The molecule has 0 fully saturated rings. The molecule has 0 spiro atoms. The van der Waals surface area contributed by atoms with Gasteiger partial charge in [0, 0.05) is 37.3 Å². The SMILES string of the molecule is Cc1ccc(C2(O)OC(=O)C(c3ccc4nsnc4c3)=C2Cc2ccc(N(C)C)cc2)cc1C. The minimum absolute atomic E-state index is 0.353. The molecule has 0 bridgehead atoms. The van der Waals surface area contributed by atoms with Crippen molar-refractivity contribution in [3.05, 3.63) is 94.1 Å². The van der Waals surface area contributed by atoms with Gasteiger partial charge < -0.3 is 14.7 Å². The molecule has 0 saturated heterocycles. The van der Waals surface area contributed by atoms with E-state index in [1.807, 2.05) is 93.5 Å². The topological polar surface area (TPSA) is 75.5 Å². The van der Waals surface area contributed by atoms with Crippen LogP contribution in [0.3, 0.4) is 0 Å². The van der Waals surface area contributed by atoms with Gasteiger partial charge in [0.1, 0.15) is 11.0 Å². The summed E-state index contributed by atoms with van der Waals surface area (Å²) in [6.45, 7) is 3.99. The third-order valence-electron chi connectivity index (χ3n) is 6.43. The Morgan fingerprint density at radius 3 is 2.38 bits per heavy atom. The highest BCUT2D eigenvalue weighted by atomic mass is 32.1. The number of nitrogens with zero attached hydrogens (tertiary/aromatic N) is 3. The molecule has 1 atom stereocenters. The predicted molar refractivity (Wildman–Crippen MR) is 135 cm³/mol. The summed E-state index contributed by atoms with van der Waals surface area (Å²) in [5.74, 6) is -2.41. The number of hydrogen-bond acceptors (Lipinski definition) is 7. The normalized spacial score (nSPS) is 18.0. The van der Waals surface area contributed by atoms with Crippen LogP contribution in [-0.2, 0) is 21.7 Å². The Bertz CT molecular complexity index is 1440. The summed E-state index contributed by atoms with van der Waals surface area (Å²) in [7, 11) is 3.97. The number of rotatable bonds is 5. The zero-order valence-electron chi connectivity index (χ0n) is 19.5. The second-order valence-electron chi connectivity index (χ2n) is 8.89. The third-order valence-corrected chi connectivity index (χ3v) is 6.99. The largest absolute Gasteiger partial charge is 0.421 e. The van der Waals surface area contributed by atoms with Crippen molar-refractivity contribution >= 4 is 40.0 Å². The van der Waals surface area contributed by atoms with E-state index >= 15 is 0 Å². The molecular weight excluding hydrogens is 446 g/mol. The number of aromatic nitrogens is 2. The molecule has 4 aromatic rings. The van der Waals surface area contributed by atoms with Gasteiger partial charge in [0.15, 0.2) is 0 Å². The molecule has 2 heterocycles. The first-order chi connectivity index (χ1) is 16.3. The summed E-state index contributed by atoms with van der Waals surface area (Å²) in [6.07, 6.45) is 0.353. The molecule has 0 amide bonds. The van der Waals surface area contributed by atoms with Crippen LogP contribution in [-0.4, -0.2) is 33.9 Å². The van der Waals surface area contributed by atoms with Gasteiger partial charge in [-0.3, -0.25) is 0 Å². The quantitative estimate of drug-likeness (QED) is 0.423. The molecule has 34 heavy (non-hydrogen) atoms. The molecule has 1 aliphatic rings. The van der Waals surface area contributed by atoms with Crippen LogP contribution in [0.2, 0.25) is 0 Å². The third kappa shape index (κ3) is 3.77. The van der Waals surface area contributed by atoms with Crippen LogP contribution in [0.4, 0.5) is 5.69 Å². The molecule has 6 nitrogen and oxygen atoms in total. The number of cyclic esters (lactones) is 1. The maximum absolute atomic E-state index is 13.3. The summed E-state index contributed by atoms with van der Waals surface area (Å²) in [6, 6.07) is 19.2. The van der Waals surface area contributed by atoms with E-state index in [2.05, 4.69) is 8.75 Å². The summed E-state index contributed by atoms with van der Waals surface area (Å²) in [5.41, 5.74) is 7.71. The van der Waals surface area contributed by atoms with Crippen LogP contribution < -0.4 is 4.90 Å². The van der Waals surface area contributed by atoms with Gasteiger partial charge in [-0.1, -0.05) is 30.3 Å². The zero-order valence-corrected chi connectivity index (χ0v) is 20.3. The Morgan fingerprint density at radius 1 is 0.941 bits per heavy atom. The summed E-state index contributed by atoms with van der Waals surface area (Å²) in [5, 5.41) is 11.9. The van der Waals surface area contributed by atoms with Crippen molar-refractivity contribution in [3.8, 4) is 0 Å². The van der Waals surface area contributed by atoms with E-state index in [1.54, 1.807) is 0 Å². The van der Waals surface area contributed by atoms with Crippen LogP contribution in [0.15, 0.2) is 66.2 Å². The second-order valence-corrected chi connectivity index (χ2v) is 9.42. The average molecular weight is 472 g/mol. The van der Waals surface area contributed by atoms with Gasteiger partial charge in [0.05, 0.1) is 17.3 Å². The van der Waals surface area contributed by atoms with Crippen molar-refractivity contribution in [2.45, 2.75) is 26.1 Å². The van der Waals surface area contributed by atoms with Crippen molar-refractivity contribution in [2.24, 2.45) is 0 Å². The second kappa shape index (κ2) is 8.34. The van der Waals surface area contributed by atoms with Crippen molar-refractivity contribution in [1.82, 2.24) is 8.75 Å². The number of ether oxygens (including phenoxy) is 1. The van der Waals surface area contributed by atoms with Crippen LogP contribution in [0.25, 0.3) is 16.6 Å². The number of anilines is 1. The van der Waals surface area contributed by atoms with Crippen molar-refractivity contribution in [2.75, 3.05) is 19.0 Å². The molecule has 5 rings (SSSR count). The van der Waals surface area contributed by atoms with Gasteiger partial charge in [0.2, 0.25) is 0 Å². The molecule has 172 valence electrons. The van der Waals surface area contributed by atoms with Gasteiger partial charge in [-0.2, -0.15) is 8.75 Å². The van der Waals surface area contributed by atoms with Crippen molar-refractivity contribution < 1.29 is 14.6 Å². The summed E-state index contributed by atoms with van der Waals surface area (Å²) < 4.78 is 14.3. The first kappa shape index (κ1) is 22.3. The van der Waals surface area contributed by atoms with E-state index in [4.69, 9.17) is 4.74 Å². The number of fused-ring (bicyclic) bond motifs is 1. The lowest BCUT2D eigenvalue weighted by Crippen LogP contribution is -2.30. The molecule has 3 aromatic carbocycles. The Morgan fingerprint density at radius 2 is 1.68 bits per heavy atom. The average Bonchev–Trinajstić information content (AvgIpc) is 3.38. The van der Waals surface area contributed by atoms with E-state index in [1.165, 1.54) is 0 Å². The lowest BCUT2D eigenvalue weighted by molar-refractivity contribution is -0.185. The van der Waals surface area contributed by atoms with Crippen LogP contribution in [0, 0.1) is 13.8 Å². The van der Waals surface area contributed by atoms with Crippen LogP contribution in [0.1, 0.15) is 27.8 Å². The smallest absolute Gasteiger partial charge is 0.342 e. The number of aliphatic hydroxyl groups is 1. The minimum atomic E-state index is -1.86. The van der Waals surface area contributed by atoms with Gasteiger partial charge >= 0.3 is 5.97 Å². The lowest BCUT2D eigenvalue weighted by atomic mass is 9.87. The molecule has 7 heteroatoms. The Hall–Kier alpha value is -3.55. The number of carbonyl (C=O) groups excluding carboxylic acids is 1. The maximum Gasteiger partial charge on any atom is 0.342 e.